The Morgan fingerprint density at radius 2 is 1.95 bits per heavy atom. The first-order valence-corrected chi connectivity index (χ1v) is 8.33. The highest BCUT2D eigenvalue weighted by Crippen LogP contribution is 2.43. The number of rotatable bonds is 4. The molecular weight excluding hydrogens is 278 g/mol. The summed E-state index contributed by atoms with van der Waals surface area (Å²) in [4.78, 5) is 14.4. The van der Waals surface area contributed by atoms with Crippen LogP contribution in [0.15, 0.2) is 36.4 Å². The average Bonchev–Trinajstić information content (AvgIpc) is 2.79. The van der Waals surface area contributed by atoms with Crippen molar-refractivity contribution in [2.45, 2.75) is 38.5 Å². The van der Waals surface area contributed by atoms with Crippen LogP contribution in [0, 0.1) is 13.8 Å². The van der Waals surface area contributed by atoms with Crippen molar-refractivity contribution in [1.29, 1.82) is 0 Å². The van der Waals surface area contributed by atoms with Gasteiger partial charge in [0.2, 0.25) is 0 Å². The molecule has 0 atom stereocenters. The summed E-state index contributed by atoms with van der Waals surface area (Å²) in [6.45, 7) is 4.86. The minimum absolute atomic E-state index is 0.0680. The lowest BCUT2D eigenvalue weighted by molar-refractivity contribution is 0.0932. The topological polar surface area (TPSA) is 29.1 Å². The van der Waals surface area contributed by atoms with Gasteiger partial charge in [0, 0.05) is 16.8 Å². The molecule has 1 fully saturated rings. The number of thiophene rings is 1. The van der Waals surface area contributed by atoms with Crippen molar-refractivity contribution in [2.75, 3.05) is 6.54 Å². The lowest BCUT2D eigenvalue weighted by atomic mass is 9.64. The van der Waals surface area contributed by atoms with Crippen molar-refractivity contribution < 1.29 is 4.79 Å². The van der Waals surface area contributed by atoms with Crippen molar-refractivity contribution in [3.05, 3.63) is 57.3 Å². The molecule has 0 spiro atoms. The van der Waals surface area contributed by atoms with Gasteiger partial charge < -0.3 is 5.32 Å². The quantitative estimate of drug-likeness (QED) is 0.900. The molecule has 2 aromatic rings. The predicted molar refractivity (Wildman–Crippen MR) is 88.1 cm³/mol. The van der Waals surface area contributed by atoms with Crippen molar-refractivity contribution in [3.8, 4) is 0 Å². The van der Waals surface area contributed by atoms with Crippen LogP contribution in [-0.2, 0) is 5.41 Å². The van der Waals surface area contributed by atoms with Gasteiger partial charge in [-0.15, -0.1) is 11.3 Å². The predicted octanol–water partition coefficient (Wildman–Crippen LogP) is 4.22. The van der Waals surface area contributed by atoms with Crippen LogP contribution in [0.4, 0.5) is 0 Å². The smallest absolute Gasteiger partial charge is 0.261 e. The zero-order valence-corrected chi connectivity index (χ0v) is 13.4. The number of amides is 1. The Morgan fingerprint density at radius 3 is 2.48 bits per heavy atom. The molecule has 3 heteroatoms. The molecule has 1 aromatic carbocycles. The van der Waals surface area contributed by atoms with Gasteiger partial charge in [-0.25, -0.2) is 0 Å². The van der Waals surface area contributed by atoms with E-state index in [-0.39, 0.29) is 11.3 Å². The number of hydrogen-bond donors (Lipinski definition) is 1. The zero-order valence-electron chi connectivity index (χ0n) is 12.6. The average molecular weight is 299 g/mol. The van der Waals surface area contributed by atoms with Gasteiger partial charge >= 0.3 is 0 Å². The minimum Gasteiger partial charge on any atom is -0.350 e. The molecule has 1 aliphatic carbocycles. The molecule has 1 amide bonds. The third kappa shape index (κ3) is 2.75. The summed E-state index contributed by atoms with van der Waals surface area (Å²) < 4.78 is 0. The van der Waals surface area contributed by atoms with Gasteiger partial charge in [0.05, 0.1) is 4.88 Å². The lowest BCUT2D eigenvalue weighted by Gasteiger charge is -2.42. The van der Waals surface area contributed by atoms with Crippen LogP contribution in [0.5, 0.6) is 0 Å². The van der Waals surface area contributed by atoms with E-state index in [1.165, 1.54) is 35.3 Å². The first-order chi connectivity index (χ1) is 10.1. The van der Waals surface area contributed by atoms with Gasteiger partial charge in [0.25, 0.3) is 5.91 Å². The Labute approximate surface area is 130 Å². The molecule has 0 unspecified atom stereocenters. The fourth-order valence-corrected chi connectivity index (χ4v) is 3.93. The molecule has 0 aliphatic heterocycles. The van der Waals surface area contributed by atoms with Crippen LogP contribution in [0.1, 0.15) is 44.9 Å². The Kier molecular flexibility index (Phi) is 3.85. The second-order valence-electron chi connectivity index (χ2n) is 6.03. The van der Waals surface area contributed by atoms with Crippen LogP contribution in [0.2, 0.25) is 0 Å². The Hall–Kier alpha value is -1.61. The Balaban J connectivity index is 1.70. The summed E-state index contributed by atoms with van der Waals surface area (Å²) in [7, 11) is 0. The molecule has 3 rings (SSSR count). The van der Waals surface area contributed by atoms with Gasteiger partial charge in [-0.1, -0.05) is 36.8 Å². The van der Waals surface area contributed by atoms with E-state index in [1.54, 1.807) is 11.3 Å². The van der Waals surface area contributed by atoms with E-state index in [0.717, 1.165) is 11.4 Å². The Morgan fingerprint density at radius 1 is 1.24 bits per heavy atom. The van der Waals surface area contributed by atoms with Crippen molar-refractivity contribution in [3.63, 3.8) is 0 Å². The van der Waals surface area contributed by atoms with E-state index >= 15 is 0 Å². The van der Waals surface area contributed by atoms with E-state index in [4.69, 9.17) is 0 Å². The molecule has 1 heterocycles. The number of aryl methyl sites for hydroxylation is 2. The molecule has 0 bridgehead atoms. The molecule has 1 N–H and O–H groups in total. The van der Waals surface area contributed by atoms with Gasteiger partial charge in [-0.2, -0.15) is 0 Å². The number of hydrogen-bond acceptors (Lipinski definition) is 2. The summed E-state index contributed by atoms with van der Waals surface area (Å²) in [5, 5.41) is 3.15. The van der Waals surface area contributed by atoms with Gasteiger partial charge in [0.15, 0.2) is 0 Å². The second kappa shape index (κ2) is 5.64. The number of carbonyl (C=O) groups excluding carboxylic acids is 1. The number of benzene rings is 1. The lowest BCUT2D eigenvalue weighted by Crippen LogP contribution is -2.45. The van der Waals surface area contributed by atoms with E-state index in [1.807, 2.05) is 12.1 Å². The summed E-state index contributed by atoms with van der Waals surface area (Å²) in [5.41, 5.74) is 2.71. The van der Waals surface area contributed by atoms with E-state index < -0.39 is 0 Å². The number of carbonyl (C=O) groups is 1. The molecule has 1 saturated carbocycles. The molecule has 2 nitrogen and oxygen atoms in total. The van der Waals surface area contributed by atoms with Crippen molar-refractivity contribution in [2.24, 2.45) is 0 Å². The fourth-order valence-electron chi connectivity index (χ4n) is 2.98. The summed E-state index contributed by atoms with van der Waals surface area (Å²) >= 11 is 1.58. The fraction of sp³-hybridized carbons (Fsp3) is 0.389. The van der Waals surface area contributed by atoms with E-state index in [0.29, 0.717) is 0 Å². The molecule has 21 heavy (non-hydrogen) atoms. The largest absolute Gasteiger partial charge is 0.350 e. The van der Waals surface area contributed by atoms with E-state index in [2.05, 4.69) is 43.4 Å². The van der Waals surface area contributed by atoms with Gasteiger partial charge in [0.1, 0.15) is 0 Å². The van der Waals surface area contributed by atoms with Gasteiger partial charge in [-0.3, -0.25) is 4.79 Å². The molecule has 1 aliphatic rings. The first kappa shape index (κ1) is 14.3. The summed E-state index contributed by atoms with van der Waals surface area (Å²) in [6.07, 6.45) is 3.58. The van der Waals surface area contributed by atoms with Gasteiger partial charge in [-0.05, 0) is 43.9 Å². The highest BCUT2D eigenvalue weighted by molar-refractivity contribution is 7.14. The normalized spacial score (nSPS) is 16.3. The molecule has 0 radical (unpaired) electrons. The zero-order chi connectivity index (χ0) is 14.9. The molecular formula is C18H21NOS. The third-order valence-corrected chi connectivity index (χ3v) is 5.83. The monoisotopic (exact) mass is 299 g/mol. The van der Waals surface area contributed by atoms with Crippen molar-refractivity contribution in [1.82, 2.24) is 5.32 Å². The van der Waals surface area contributed by atoms with Crippen LogP contribution in [0.3, 0.4) is 0 Å². The molecule has 0 saturated heterocycles. The van der Waals surface area contributed by atoms with E-state index in [9.17, 15) is 4.79 Å². The summed E-state index contributed by atoms with van der Waals surface area (Å²) in [5.74, 6) is 0.0680. The first-order valence-electron chi connectivity index (χ1n) is 7.51. The van der Waals surface area contributed by atoms with Crippen molar-refractivity contribution >= 4 is 17.2 Å². The molecule has 110 valence electrons. The maximum Gasteiger partial charge on any atom is 0.261 e. The number of nitrogens with one attached hydrogen (secondary N) is 1. The maximum absolute atomic E-state index is 12.3. The summed E-state index contributed by atoms with van der Waals surface area (Å²) in [6, 6.07) is 12.6. The Bertz CT molecular complexity index is 621. The standard InChI is InChI=1S/C18H21NOS/c1-13-11-16(21-14(13)2)17(20)19-12-18(9-6-10-18)15-7-4-3-5-8-15/h3-5,7-8,11H,6,9-10,12H2,1-2H3,(H,19,20). The highest BCUT2D eigenvalue weighted by atomic mass is 32.1. The van der Waals surface area contributed by atoms with Crippen LogP contribution in [0.25, 0.3) is 0 Å². The molecule has 1 aromatic heterocycles. The SMILES string of the molecule is Cc1cc(C(=O)NCC2(c3ccccc3)CCC2)sc1C. The van der Waals surface area contributed by atoms with Crippen LogP contribution >= 0.6 is 11.3 Å². The maximum atomic E-state index is 12.3. The highest BCUT2D eigenvalue weighted by Gasteiger charge is 2.38. The van der Waals surface area contributed by atoms with Crippen LogP contribution in [-0.4, -0.2) is 12.5 Å². The second-order valence-corrected chi connectivity index (χ2v) is 7.29. The third-order valence-electron chi connectivity index (χ3n) is 4.67. The van der Waals surface area contributed by atoms with Crippen LogP contribution < -0.4 is 5.32 Å². The minimum atomic E-state index is 0.0680.